The van der Waals surface area contributed by atoms with Gasteiger partial charge < -0.3 is 13.3 Å². The summed E-state index contributed by atoms with van der Waals surface area (Å²) in [5.41, 5.74) is 3.76. The van der Waals surface area contributed by atoms with Crippen molar-refractivity contribution in [2.75, 3.05) is 19.8 Å². The van der Waals surface area contributed by atoms with Gasteiger partial charge in [0.1, 0.15) is 0 Å². The maximum absolute atomic E-state index is 6.02. The molecular formula is C23H31NO3S7Si. The van der Waals surface area contributed by atoms with Crippen LogP contribution in [0.3, 0.4) is 0 Å². The second-order valence-corrected chi connectivity index (χ2v) is 20.6. The SMILES string of the molecule is CCO[Si](CCCc1cc(C)ccc1SSSSSSc1nc2ccccc2s1)(OCC)OCC. The lowest BCUT2D eigenvalue weighted by Gasteiger charge is -2.28. The molecule has 0 radical (unpaired) electrons. The lowest BCUT2D eigenvalue weighted by molar-refractivity contribution is 0.0708. The van der Waals surface area contributed by atoms with E-state index in [1.807, 2.05) is 47.5 Å². The van der Waals surface area contributed by atoms with Gasteiger partial charge in [-0.1, -0.05) is 29.8 Å². The summed E-state index contributed by atoms with van der Waals surface area (Å²) in [6.07, 6.45) is 1.98. The molecule has 0 saturated heterocycles. The minimum absolute atomic E-state index is 0.624. The lowest BCUT2D eigenvalue weighted by atomic mass is 10.1. The molecule has 0 fully saturated rings. The van der Waals surface area contributed by atoms with Crippen molar-refractivity contribution in [3.05, 3.63) is 53.6 Å². The number of para-hydroxylation sites is 1. The third-order valence-electron chi connectivity index (χ3n) is 4.82. The van der Waals surface area contributed by atoms with Gasteiger partial charge in [0.25, 0.3) is 0 Å². The molecule has 0 unspecified atom stereocenters. The number of aromatic nitrogens is 1. The summed E-state index contributed by atoms with van der Waals surface area (Å²) in [5.74, 6) is 0. The summed E-state index contributed by atoms with van der Waals surface area (Å²) >= 11 is 1.75. The fourth-order valence-corrected chi connectivity index (χ4v) is 18.8. The highest BCUT2D eigenvalue weighted by molar-refractivity contribution is 9.41. The van der Waals surface area contributed by atoms with Crippen LogP contribution in [0.1, 0.15) is 38.3 Å². The Balaban J connectivity index is 1.45. The van der Waals surface area contributed by atoms with Crippen molar-refractivity contribution in [2.24, 2.45) is 0 Å². The van der Waals surface area contributed by atoms with Crippen molar-refractivity contribution in [1.82, 2.24) is 4.98 Å². The predicted octanol–water partition coefficient (Wildman–Crippen LogP) is 9.98. The van der Waals surface area contributed by atoms with Crippen LogP contribution >= 0.6 is 72.2 Å². The zero-order valence-corrected chi connectivity index (χ0v) is 27.0. The summed E-state index contributed by atoms with van der Waals surface area (Å²) in [7, 11) is 8.14. The molecule has 0 bridgehead atoms. The van der Waals surface area contributed by atoms with Gasteiger partial charge in [-0.25, -0.2) is 4.98 Å². The number of benzene rings is 2. The first-order chi connectivity index (χ1) is 17.1. The number of thiazole rings is 1. The fraction of sp³-hybridized carbons (Fsp3) is 0.435. The number of hydrogen-bond acceptors (Lipinski definition) is 11. The van der Waals surface area contributed by atoms with Crippen LogP contribution in [0, 0.1) is 6.92 Å². The summed E-state index contributed by atoms with van der Waals surface area (Å²) in [5, 5.41) is 0. The first kappa shape index (κ1) is 30.1. The number of fused-ring (bicyclic) bond motifs is 1. The Morgan fingerprint density at radius 3 is 2.23 bits per heavy atom. The molecule has 3 rings (SSSR count). The third-order valence-corrected chi connectivity index (χ3v) is 19.9. The van der Waals surface area contributed by atoms with Crippen LogP contribution in [0.25, 0.3) is 10.2 Å². The van der Waals surface area contributed by atoms with Gasteiger partial charge in [0.15, 0.2) is 4.34 Å². The van der Waals surface area contributed by atoms with Gasteiger partial charge in [-0.3, -0.25) is 0 Å². The van der Waals surface area contributed by atoms with Gasteiger partial charge in [0.2, 0.25) is 0 Å². The third kappa shape index (κ3) is 9.97. The number of rotatable bonds is 17. The summed E-state index contributed by atoms with van der Waals surface area (Å²) in [6.45, 7) is 10.1. The zero-order valence-electron chi connectivity index (χ0n) is 20.3. The van der Waals surface area contributed by atoms with Crippen LogP contribution in [0.5, 0.6) is 0 Å². The minimum Gasteiger partial charge on any atom is -0.374 e. The molecule has 0 aliphatic carbocycles. The molecule has 0 saturated carbocycles. The van der Waals surface area contributed by atoms with Crippen molar-refractivity contribution in [3.8, 4) is 0 Å². The first-order valence-corrected chi connectivity index (χ1v) is 21.7. The molecular weight excluding hydrogens is 591 g/mol. The van der Waals surface area contributed by atoms with Crippen molar-refractivity contribution in [1.29, 1.82) is 0 Å². The second-order valence-electron chi connectivity index (χ2n) is 7.33. The zero-order chi connectivity index (χ0) is 24.9. The molecule has 0 spiro atoms. The van der Waals surface area contributed by atoms with E-state index in [0.717, 1.165) is 28.7 Å². The molecule has 0 N–H and O–H groups in total. The normalized spacial score (nSPS) is 12.0. The first-order valence-electron chi connectivity index (χ1n) is 11.5. The fourth-order valence-electron chi connectivity index (χ4n) is 3.48. The molecule has 0 atom stereocenters. The Morgan fingerprint density at radius 1 is 0.857 bits per heavy atom. The predicted molar refractivity (Wildman–Crippen MR) is 167 cm³/mol. The van der Waals surface area contributed by atoms with E-state index >= 15 is 0 Å². The molecule has 1 aromatic heterocycles. The summed E-state index contributed by atoms with van der Waals surface area (Å²) in [6, 6.07) is 15.9. The van der Waals surface area contributed by atoms with Crippen LogP contribution < -0.4 is 0 Å². The Kier molecular flexibility index (Phi) is 14.2. The van der Waals surface area contributed by atoms with Crippen molar-refractivity contribution < 1.29 is 13.3 Å². The highest BCUT2D eigenvalue weighted by Crippen LogP contribution is 2.56. The summed E-state index contributed by atoms with van der Waals surface area (Å²) < 4.78 is 20.4. The number of nitrogens with zero attached hydrogens (tertiary/aromatic N) is 1. The topological polar surface area (TPSA) is 40.6 Å². The summed E-state index contributed by atoms with van der Waals surface area (Å²) in [4.78, 5) is 6.01. The highest BCUT2D eigenvalue weighted by atomic mass is 33.9. The van der Waals surface area contributed by atoms with Crippen LogP contribution in [0.4, 0.5) is 0 Å². The maximum atomic E-state index is 6.02. The smallest absolute Gasteiger partial charge is 0.374 e. The molecule has 12 heteroatoms. The van der Waals surface area contributed by atoms with Gasteiger partial charge in [-0.15, -0.1) is 11.3 Å². The molecule has 1 heterocycles. The minimum atomic E-state index is -2.59. The molecule has 0 aliphatic rings. The van der Waals surface area contributed by atoms with Gasteiger partial charge >= 0.3 is 8.80 Å². The van der Waals surface area contributed by atoms with Crippen LogP contribution in [-0.4, -0.2) is 33.6 Å². The van der Waals surface area contributed by atoms with E-state index < -0.39 is 8.80 Å². The van der Waals surface area contributed by atoms with Crippen LogP contribution in [-0.2, 0) is 19.7 Å². The van der Waals surface area contributed by atoms with Gasteiger partial charge in [0, 0.05) is 30.8 Å². The molecule has 3 aromatic rings. The Morgan fingerprint density at radius 2 is 1.54 bits per heavy atom. The van der Waals surface area contributed by atoms with E-state index in [-0.39, 0.29) is 0 Å². The van der Waals surface area contributed by atoms with Crippen molar-refractivity contribution in [2.45, 2.75) is 55.8 Å². The monoisotopic (exact) mass is 621 g/mol. The van der Waals surface area contributed by atoms with Crippen molar-refractivity contribution in [3.63, 3.8) is 0 Å². The molecule has 0 aliphatic heterocycles. The largest absolute Gasteiger partial charge is 0.500 e. The second kappa shape index (κ2) is 16.5. The van der Waals surface area contributed by atoms with E-state index in [4.69, 9.17) is 13.3 Å². The highest BCUT2D eigenvalue weighted by Gasteiger charge is 2.39. The molecule has 4 nitrogen and oxygen atoms in total. The average molecular weight is 622 g/mol. The Labute approximate surface area is 237 Å². The van der Waals surface area contributed by atoms with E-state index in [9.17, 15) is 0 Å². The van der Waals surface area contributed by atoms with E-state index in [1.54, 1.807) is 51.6 Å². The van der Waals surface area contributed by atoms with Gasteiger partial charge in [0.05, 0.1) is 10.2 Å². The molecule has 192 valence electrons. The van der Waals surface area contributed by atoms with Gasteiger partial charge in [-0.05, 0) is 125 Å². The average Bonchev–Trinajstić information content (AvgIpc) is 3.26. The van der Waals surface area contributed by atoms with Crippen molar-refractivity contribution >= 4 is 91.2 Å². The van der Waals surface area contributed by atoms with Gasteiger partial charge in [-0.2, -0.15) is 0 Å². The molecule has 2 aromatic carbocycles. The number of hydrogen-bond donors (Lipinski definition) is 0. The lowest BCUT2D eigenvalue weighted by Crippen LogP contribution is -2.46. The molecule has 0 amide bonds. The number of aryl methyl sites for hydroxylation is 2. The van der Waals surface area contributed by atoms with E-state index in [0.29, 0.717) is 19.8 Å². The standard InChI is InChI=1S/C23H31NO3S7Si/c1-5-25-35(26-6-2,27-7-3)16-10-11-19-17-18(4)14-15-21(19)29-31-33-34-32-30-23-24-20-12-8-9-13-22(20)28-23/h8-9,12-15,17H,5-7,10-11,16H2,1-4H3. The van der Waals surface area contributed by atoms with E-state index in [2.05, 4.69) is 48.3 Å². The molecule has 35 heavy (non-hydrogen) atoms. The Bertz CT molecular complexity index is 989. The quantitative estimate of drug-likeness (QED) is 0.0826. The Hall–Kier alpha value is 0.527. The van der Waals surface area contributed by atoms with Crippen LogP contribution in [0.2, 0.25) is 6.04 Å². The van der Waals surface area contributed by atoms with Crippen LogP contribution in [0.15, 0.2) is 51.7 Å². The van der Waals surface area contributed by atoms with E-state index in [1.165, 1.54) is 20.7 Å². The maximum Gasteiger partial charge on any atom is 0.500 e.